The Balaban J connectivity index is 2.64. The van der Waals surface area contributed by atoms with E-state index in [4.69, 9.17) is 10.8 Å². The number of aromatic nitrogens is 1. The van der Waals surface area contributed by atoms with Gasteiger partial charge in [-0.1, -0.05) is 0 Å². The largest absolute Gasteiger partial charge is 0.481 e. The minimum absolute atomic E-state index is 0.231. The summed E-state index contributed by atoms with van der Waals surface area (Å²) < 4.78 is 1.50. The topological polar surface area (TPSA) is 114 Å². The molecule has 1 heterocycles. The summed E-state index contributed by atoms with van der Waals surface area (Å²) in [5, 5.41) is 11.6. The van der Waals surface area contributed by atoms with Gasteiger partial charge in [0.15, 0.2) is 0 Å². The Morgan fingerprint density at radius 2 is 2.00 bits per heavy atom. The van der Waals surface area contributed by atoms with E-state index in [9.17, 15) is 14.4 Å². The minimum atomic E-state index is -0.915. The lowest BCUT2D eigenvalue weighted by Gasteiger charge is -2.18. The Bertz CT molecular complexity index is 546. The van der Waals surface area contributed by atoms with E-state index in [1.807, 2.05) is 0 Å². The number of hydrogen-bond acceptors (Lipinski definition) is 3. The molecule has 0 aliphatic carbocycles. The highest BCUT2D eigenvalue weighted by molar-refractivity contribution is 5.98. The molecular weight excluding hydrogens is 262 g/mol. The van der Waals surface area contributed by atoms with Crippen molar-refractivity contribution in [3.8, 4) is 0 Å². The van der Waals surface area contributed by atoms with Gasteiger partial charge in [-0.3, -0.25) is 14.4 Å². The molecule has 0 atom stereocenters. The fourth-order valence-electron chi connectivity index (χ4n) is 1.61. The SMILES string of the molecule is Cn1cc(C(N)=O)cc1C(=O)NCCC(C)(C)C(=O)O. The van der Waals surface area contributed by atoms with Gasteiger partial charge in [0.2, 0.25) is 5.91 Å². The van der Waals surface area contributed by atoms with Gasteiger partial charge in [-0.25, -0.2) is 0 Å². The summed E-state index contributed by atoms with van der Waals surface area (Å²) in [5.74, 6) is -1.89. The van der Waals surface area contributed by atoms with Gasteiger partial charge in [0.05, 0.1) is 11.0 Å². The monoisotopic (exact) mass is 281 g/mol. The number of carboxylic acid groups (broad SMARTS) is 1. The van der Waals surface area contributed by atoms with Gasteiger partial charge in [0.25, 0.3) is 5.91 Å². The van der Waals surface area contributed by atoms with Gasteiger partial charge in [-0.15, -0.1) is 0 Å². The first-order valence-electron chi connectivity index (χ1n) is 6.13. The predicted octanol–water partition coefficient (Wildman–Crippen LogP) is 0.355. The number of nitrogens with two attached hydrogens (primary N) is 1. The summed E-state index contributed by atoms with van der Waals surface area (Å²) in [6.07, 6.45) is 1.78. The second-order valence-electron chi connectivity index (χ2n) is 5.28. The van der Waals surface area contributed by atoms with Crippen molar-refractivity contribution in [2.24, 2.45) is 18.2 Å². The molecule has 0 saturated carbocycles. The standard InChI is InChI=1S/C13H19N3O4/c1-13(2,12(19)20)4-5-15-11(18)9-6-8(10(14)17)7-16(9)3/h6-7H,4-5H2,1-3H3,(H2,14,17)(H,15,18)(H,19,20). The molecule has 0 spiro atoms. The maximum atomic E-state index is 11.9. The Hall–Kier alpha value is -2.31. The van der Waals surface area contributed by atoms with Crippen molar-refractivity contribution in [2.45, 2.75) is 20.3 Å². The zero-order valence-corrected chi connectivity index (χ0v) is 11.8. The third kappa shape index (κ3) is 3.59. The second-order valence-corrected chi connectivity index (χ2v) is 5.28. The van der Waals surface area contributed by atoms with Gasteiger partial charge < -0.3 is 20.7 Å². The minimum Gasteiger partial charge on any atom is -0.481 e. The number of aliphatic carboxylic acids is 1. The van der Waals surface area contributed by atoms with E-state index in [1.165, 1.54) is 16.8 Å². The first-order valence-corrected chi connectivity index (χ1v) is 6.13. The fourth-order valence-corrected chi connectivity index (χ4v) is 1.61. The molecule has 0 fully saturated rings. The fraction of sp³-hybridized carbons (Fsp3) is 0.462. The van der Waals surface area contributed by atoms with E-state index in [0.29, 0.717) is 12.1 Å². The zero-order chi connectivity index (χ0) is 15.5. The average Bonchev–Trinajstić information content (AvgIpc) is 2.71. The van der Waals surface area contributed by atoms with Crippen molar-refractivity contribution in [1.29, 1.82) is 0 Å². The van der Waals surface area contributed by atoms with Gasteiger partial charge in [0.1, 0.15) is 5.69 Å². The summed E-state index contributed by atoms with van der Waals surface area (Å²) in [5.41, 5.74) is 4.79. The molecule has 0 aliphatic rings. The predicted molar refractivity (Wildman–Crippen MR) is 72.3 cm³/mol. The second kappa shape index (κ2) is 5.77. The maximum absolute atomic E-state index is 11.9. The van der Waals surface area contributed by atoms with E-state index in [1.54, 1.807) is 20.9 Å². The number of nitrogens with one attached hydrogen (secondary N) is 1. The van der Waals surface area contributed by atoms with E-state index in [-0.39, 0.29) is 18.0 Å². The van der Waals surface area contributed by atoms with Crippen LogP contribution in [0.5, 0.6) is 0 Å². The molecule has 7 heteroatoms. The molecule has 0 bridgehead atoms. The van der Waals surface area contributed by atoms with Crippen LogP contribution in [0, 0.1) is 5.41 Å². The maximum Gasteiger partial charge on any atom is 0.309 e. The van der Waals surface area contributed by atoms with Crippen molar-refractivity contribution in [3.05, 3.63) is 23.5 Å². The Morgan fingerprint density at radius 3 is 2.45 bits per heavy atom. The zero-order valence-electron chi connectivity index (χ0n) is 11.8. The van der Waals surface area contributed by atoms with Gasteiger partial charge in [-0.2, -0.15) is 0 Å². The number of primary amides is 1. The van der Waals surface area contributed by atoms with Crippen molar-refractivity contribution < 1.29 is 19.5 Å². The quantitative estimate of drug-likeness (QED) is 0.698. The van der Waals surface area contributed by atoms with E-state index in [2.05, 4.69) is 5.32 Å². The molecule has 110 valence electrons. The molecule has 20 heavy (non-hydrogen) atoms. The lowest BCUT2D eigenvalue weighted by atomic mass is 9.90. The molecule has 1 rings (SSSR count). The third-order valence-corrected chi connectivity index (χ3v) is 3.14. The number of carbonyl (C=O) groups excluding carboxylic acids is 2. The van der Waals surface area contributed by atoms with E-state index >= 15 is 0 Å². The van der Waals surface area contributed by atoms with Crippen LogP contribution < -0.4 is 11.1 Å². The Kier molecular flexibility index (Phi) is 4.54. The van der Waals surface area contributed by atoms with Crippen LogP contribution in [-0.4, -0.2) is 34.0 Å². The van der Waals surface area contributed by atoms with E-state index < -0.39 is 17.3 Å². The van der Waals surface area contributed by atoms with Crippen LogP contribution in [0.2, 0.25) is 0 Å². The highest BCUT2D eigenvalue weighted by Crippen LogP contribution is 2.19. The molecule has 0 aliphatic heterocycles. The van der Waals surface area contributed by atoms with Gasteiger partial charge in [0, 0.05) is 19.8 Å². The van der Waals surface area contributed by atoms with E-state index in [0.717, 1.165) is 0 Å². The first-order chi connectivity index (χ1) is 9.15. The lowest BCUT2D eigenvalue weighted by Crippen LogP contribution is -2.32. The van der Waals surface area contributed by atoms with Crippen LogP contribution in [0.25, 0.3) is 0 Å². The molecular formula is C13H19N3O4. The molecule has 1 aromatic heterocycles. The molecule has 0 saturated heterocycles. The Labute approximate surface area is 116 Å². The van der Waals surface area contributed by atoms with Gasteiger partial charge in [-0.05, 0) is 26.3 Å². The normalized spacial score (nSPS) is 11.2. The van der Waals surface area contributed by atoms with Crippen LogP contribution >= 0.6 is 0 Å². The third-order valence-electron chi connectivity index (χ3n) is 3.14. The Morgan fingerprint density at radius 1 is 1.40 bits per heavy atom. The molecule has 7 nitrogen and oxygen atoms in total. The first kappa shape index (κ1) is 15.7. The molecule has 0 radical (unpaired) electrons. The lowest BCUT2D eigenvalue weighted by molar-refractivity contribution is -0.147. The summed E-state index contributed by atoms with van der Waals surface area (Å²) in [6, 6.07) is 1.40. The molecule has 0 aromatic carbocycles. The number of nitrogens with zero attached hydrogens (tertiary/aromatic N) is 1. The molecule has 2 amide bonds. The van der Waals surface area contributed by atoms with Crippen LogP contribution in [0.4, 0.5) is 0 Å². The van der Waals surface area contributed by atoms with Crippen molar-refractivity contribution in [1.82, 2.24) is 9.88 Å². The van der Waals surface area contributed by atoms with Crippen LogP contribution in [-0.2, 0) is 11.8 Å². The highest BCUT2D eigenvalue weighted by Gasteiger charge is 2.26. The van der Waals surface area contributed by atoms with Gasteiger partial charge >= 0.3 is 5.97 Å². The summed E-state index contributed by atoms with van der Waals surface area (Å²) in [6.45, 7) is 3.42. The summed E-state index contributed by atoms with van der Waals surface area (Å²) in [7, 11) is 1.63. The van der Waals surface area contributed by atoms with Crippen LogP contribution in [0.1, 0.15) is 41.1 Å². The highest BCUT2D eigenvalue weighted by atomic mass is 16.4. The van der Waals surface area contributed by atoms with Crippen molar-refractivity contribution in [2.75, 3.05) is 6.54 Å². The number of aryl methyl sites for hydroxylation is 1. The molecule has 0 unspecified atom stereocenters. The molecule has 1 aromatic rings. The van der Waals surface area contributed by atoms with Crippen LogP contribution in [0.3, 0.4) is 0 Å². The summed E-state index contributed by atoms with van der Waals surface area (Å²) >= 11 is 0. The smallest absolute Gasteiger partial charge is 0.309 e. The number of hydrogen-bond donors (Lipinski definition) is 3. The van der Waals surface area contributed by atoms with Crippen molar-refractivity contribution >= 4 is 17.8 Å². The molecule has 4 N–H and O–H groups in total. The van der Waals surface area contributed by atoms with Crippen molar-refractivity contribution in [3.63, 3.8) is 0 Å². The number of carbonyl (C=O) groups is 3. The van der Waals surface area contributed by atoms with Crippen LogP contribution in [0.15, 0.2) is 12.3 Å². The number of carboxylic acids is 1. The number of rotatable bonds is 6. The average molecular weight is 281 g/mol. The number of amides is 2. The summed E-state index contributed by atoms with van der Waals surface area (Å²) in [4.78, 5) is 33.9.